The van der Waals surface area contributed by atoms with Crippen LogP contribution in [0.15, 0.2) is 16.9 Å². The highest BCUT2D eigenvalue weighted by atomic mass is 32.1. The summed E-state index contributed by atoms with van der Waals surface area (Å²) in [6, 6.07) is 2.68. The molecule has 0 saturated carbocycles. The van der Waals surface area contributed by atoms with Gasteiger partial charge < -0.3 is 0 Å². The topological polar surface area (TPSA) is 89.8 Å². The SMILES string of the molecule is CCCc1nnc(NC(=O)c2ccc(=O)n(C)n2)s1. The van der Waals surface area contributed by atoms with Gasteiger partial charge in [0.15, 0.2) is 0 Å². The second-order valence-corrected chi connectivity index (χ2v) is 4.95. The van der Waals surface area contributed by atoms with Crippen LogP contribution in [0.4, 0.5) is 5.13 Å². The van der Waals surface area contributed by atoms with E-state index in [-0.39, 0.29) is 11.3 Å². The Kier molecular flexibility index (Phi) is 4.00. The standard InChI is InChI=1S/C11H13N5O2S/c1-3-4-8-13-14-11(19-8)12-10(18)7-5-6-9(17)16(2)15-7/h5-6H,3-4H2,1-2H3,(H,12,14,18). The number of hydrogen-bond acceptors (Lipinski definition) is 6. The molecule has 2 aromatic heterocycles. The van der Waals surface area contributed by atoms with Crippen molar-refractivity contribution < 1.29 is 4.79 Å². The number of carbonyl (C=O) groups excluding carboxylic acids is 1. The van der Waals surface area contributed by atoms with Crippen molar-refractivity contribution in [3.8, 4) is 0 Å². The predicted octanol–water partition coefficient (Wildman–Crippen LogP) is 0.837. The maximum absolute atomic E-state index is 11.9. The van der Waals surface area contributed by atoms with Crippen LogP contribution >= 0.6 is 11.3 Å². The summed E-state index contributed by atoms with van der Waals surface area (Å²) in [5.74, 6) is -0.408. The van der Waals surface area contributed by atoms with Crippen LogP contribution < -0.4 is 10.9 Å². The van der Waals surface area contributed by atoms with Gasteiger partial charge in [-0.15, -0.1) is 10.2 Å². The summed E-state index contributed by atoms with van der Waals surface area (Å²) in [5, 5.41) is 15.6. The highest BCUT2D eigenvalue weighted by Gasteiger charge is 2.12. The minimum atomic E-state index is -0.408. The summed E-state index contributed by atoms with van der Waals surface area (Å²) in [6.45, 7) is 2.05. The van der Waals surface area contributed by atoms with Gasteiger partial charge in [0.25, 0.3) is 11.5 Å². The molecule has 0 aliphatic rings. The van der Waals surface area contributed by atoms with E-state index >= 15 is 0 Å². The van der Waals surface area contributed by atoms with E-state index in [9.17, 15) is 9.59 Å². The van der Waals surface area contributed by atoms with Crippen molar-refractivity contribution >= 4 is 22.4 Å². The van der Waals surface area contributed by atoms with Crippen molar-refractivity contribution in [2.75, 3.05) is 5.32 Å². The molecule has 8 heteroatoms. The van der Waals surface area contributed by atoms with Crippen LogP contribution in [0.3, 0.4) is 0 Å². The first-order valence-corrected chi connectivity index (χ1v) is 6.60. The molecule has 0 aliphatic carbocycles. The lowest BCUT2D eigenvalue weighted by Gasteiger charge is -2.01. The summed E-state index contributed by atoms with van der Waals surface area (Å²) in [7, 11) is 1.49. The summed E-state index contributed by atoms with van der Waals surface area (Å²) in [6.07, 6.45) is 1.82. The lowest BCUT2D eigenvalue weighted by atomic mass is 10.4. The highest BCUT2D eigenvalue weighted by molar-refractivity contribution is 7.15. The van der Waals surface area contributed by atoms with Gasteiger partial charge in [-0.25, -0.2) is 4.68 Å². The first-order valence-electron chi connectivity index (χ1n) is 5.78. The molecule has 0 bridgehead atoms. The number of nitrogens with one attached hydrogen (secondary N) is 1. The molecule has 7 nitrogen and oxygen atoms in total. The molecule has 0 aromatic carbocycles. The van der Waals surface area contributed by atoms with Crippen LogP contribution in [0, 0.1) is 0 Å². The van der Waals surface area contributed by atoms with Crippen LogP contribution in [0.2, 0.25) is 0 Å². The summed E-state index contributed by atoms with van der Waals surface area (Å²) >= 11 is 1.34. The molecule has 0 radical (unpaired) electrons. The van der Waals surface area contributed by atoms with Crippen LogP contribution in [-0.2, 0) is 13.5 Å². The number of hydrogen-bond donors (Lipinski definition) is 1. The Morgan fingerprint density at radius 3 is 2.89 bits per heavy atom. The summed E-state index contributed by atoms with van der Waals surface area (Å²) < 4.78 is 1.11. The minimum Gasteiger partial charge on any atom is -0.295 e. The maximum atomic E-state index is 11.9. The Morgan fingerprint density at radius 2 is 2.21 bits per heavy atom. The molecule has 1 amide bonds. The molecule has 0 fully saturated rings. The van der Waals surface area contributed by atoms with Gasteiger partial charge >= 0.3 is 0 Å². The average Bonchev–Trinajstić information content (AvgIpc) is 2.80. The van der Waals surface area contributed by atoms with E-state index in [2.05, 4.69) is 20.6 Å². The van der Waals surface area contributed by atoms with Crippen molar-refractivity contribution in [3.63, 3.8) is 0 Å². The van der Waals surface area contributed by atoms with E-state index in [1.165, 1.54) is 30.5 Å². The van der Waals surface area contributed by atoms with E-state index in [0.717, 1.165) is 22.5 Å². The number of nitrogens with zero attached hydrogens (tertiary/aromatic N) is 4. The van der Waals surface area contributed by atoms with E-state index in [0.29, 0.717) is 5.13 Å². The number of anilines is 1. The second kappa shape index (κ2) is 5.70. The van der Waals surface area contributed by atoms with Crippen molar-refractivity contribution in [2.24, 2.45) is 7.05 Å². The molecular weight excluding hydrogens is 266 g/mol. The zero-order chi connectivity index (χ0) is 13.8. The average molecular weight is 279 g/mol. The molecule has 1 N–H and O–H groups in total. The van der Waals surface area contributed by atoms with Gasteiger partial charge in [-0.05, 0) is 12.5 Å². The van der Waals surface area contributed by atoms with Crippen LogP contribution in [0.5, 0.6) is 0 Å². The predicted molar refractivity (Wildman–Crippen MR) is 71.3 cm³/mol. The van der Waals surface area contributed by atoms with Gasteiger partial charge in [0, 0.05) is 19.5 Å². The molecule has 0 atom stereocenters. The monoisotopic (exact) mass is 279 g/mol. The Bertz CT molecular complexity index is 649. The van der Waals surface area contributed by atoms with Gasteiger partial charge in [0.1, 0.15) is 10.7 Å². The second-order valence-electron chi connectivity index (χ2n) is 3.89. The molecule has 2 rings (SSSR count). The molecule has 0 unspecified atom stereocenters. The Balaban J connectivity index is 2.11. The van der Waals surface area contributed by atoms with Gasteiger partial charge in [-0.3, -0.25) is 14.9 Å². The third kappa shape index (κ3) is 3.22. The number of aromatic nitrogens is 4. The number of carbonyl (C=O) groups is 1. The van der Waals surface area contributed by atoms with Crippen LogP contribution in [0.1, 0.15) is 28.8 Å². The van der Waals surface area contributed by atoms with Crippen molar-refractivity contribution in [1.82, 2.24) is 20.0 Å². The normalized spacial score (nSPS) is 10.4. The van der Waals surface area contributed by atoms with Crippen molar-refractivity contribution in [2.45, 2.75) is 19.8 Å². The van der Waals surface area contributed by atoms with Gasteiger partial charge in [0.2, 0.25) is 5.13 Å². The molecular formula is C11H13N5O2S. The van der Waals surface area contributed by atoms with Crippen molar-refractivity contribution in [1.29, 1.82) is 0 Å². The first kappa shape index (κ1) is 13.3. The van der Waals surface area contributed by atoms with E-state index < -0.39 is 5.91 Å². The largest absolute Gasteiger partial charge is 0.295 e. The molecule has 0 saturated heterocycles. The fourth-order valence-electron chi connectivity index (χ4n) is 1.40. The van der Waals surface area contributed by atoms with Crippen molar-refractivity contribution in [3.05, 3.63) is 33.2 Å². The fourth-order valence-corrected chi connectivity index (χ4v) is 2.24. The fraction of sp³-hybridized carbons (Fsp3) is 0.364. The van der Waals surface area contributed by atoms with Gasteiger partial charge in [0.05, 0.1) is 0 Å². The molecule has 0 aliphatic heterocycles. The summed E-state index contributed by atoms with van der Waals surface area (Å²) in [5.41, 5.74) is -0.105. The zero-order valence-electron chi connectivity index (χ0n) is 10.6. The molecule has 19 heavy (non-hydrogen) atoms. The maximum Gasteiger partial charge on any atom is 0.277 e. The van der Waals surface area contributed by atoms with Gasteiger partial charge in [-0.2, -0.15) is 5.10 Å². The third-order valence-electron chi connectivity index (χ3n) is 2.34. The zero-order valence-corrected chi connectivity index (χ0v) is 11.4. The third-order valence-corrected chi connectivity index (χ3v) is 3.24. The number of rotatable bonds is 4. The number of aryl methyl sites for hydroxylation is 2. The lowest BCUT2D eigenvalue weighted by molar-refractivity contribution is 0.102. The first-order chi connectivity index (χ1) is 9.10. The Labute approximate surface area is 113 Å². The molecule has 2 heterocycles. The van der Waals surface area contributed by atoms with E-state index in [1.807, 2.05) is 6.92 Å². The quantitative estimate of drug-likeness (QED) is 0.895. The van der Waals surface area contributed by atoms with E-state index in [4.69, 9.17) is 0 Å². The van der Waals surface area contributed by atoms with E-state index in [1.54, 1.807) is 0 Å². The molecule has 100 valence electrons. The molecule has 0 spiro atoms. The summed E-state index contributed by atoms with van der Waals surface area (Å²) in [4.78, 5) is 23.1. The molecule has 2 aromatic rings. The smallest absolute Gasteiger partial charge is 0.277 e. The highest BCUT2D eigenvalue weighted by Crippen LogP contribution is 2.16. The van der Waals surface area contributed by atoms with Crippen LogP contribution in [0.25, 0.3) is 0 Å². The lowest BCUT2D eigenvalue weighted by Crippen LogP contribution is -2.23. The van der Waals surface area contributed by atoms with Gasteiger partial charge in [-0.1, -0.05) is 18.3 Å². The Morgan fingerprint density at radius 1 is 1.42 bits per heavy atom. The number of amides is 1. The van der Waals surface area contributed by atoms with Crippen LogP contribution in [-0.4, -0.2) is 25.9 Å². The minimum absolute atomic E-state index is 0.161. The Hall–Kier alpha value is -2.09.